The molecule has 4 nitrogen and oxygen atoms in total. The van der Waals surface area contributed by atoms with Gasteiger partial charge in [0, 0.05) is 5.75 Å². The summed E-state index contributed by atoms with van der Waals surface area (Å²) in [5, 5.41) is 7.75. The van der Waals surface area contributed by atoms with E-state index in [4.69, 9.17) is 4.74 Å². The third-order valence-corrected chi connectivity index (χ3v) is 4.23. The molecule has 0 spiro atoms. The van der Waals surface area contributed by atoms with E-state index < -0.39 is 0 Å². The first-order valence-electron chi connectivity index (χ1n) is 7.35. The molecular weight excluding hydrogens is 325 g/mol. The molecule has 1 heterocycles. The van der Waals surface area contributed by atoms with Crippen LogP contribution in [0.5, 0.6) is 5.75 Å². The van der Waals surface area contributed by atoms with Crippen molar-refractivity contribution in [3.05, 3.63) is 71.3 Å². The molecule has 2 aromatic carbocycles. The number of rotatable bonds is 6. The summed E-state index contributed by atoms with van der Waals surface area (Å²) in [5.74, 6) is 2.04. The molecule has 0 saturated carbocycles. The van der Waals surface area contributed by atoms with Gasteiger partial charge in [-0.3, -0.25) is 5.10 Å². The number of thioether (sulfide) groups is 1. The van der Waals surface area contributed by atoms with Crippen LogP contribution in [0.4, 0.5) is 4.39 Å². The second kappa shape index (κ2) is 7.79. The van der Waals surface area contributed by atoms with Gasteiger partial charge in [0.15, 0.2) is 0 Å². The van der Waals surface area contributed by atoms with E-state index in [-0.39, 0.29) is 5.82 Å². The predicted octanol–water partition coefficient (Wildman–Crippen LogP) is 4.42. The van der Waals surface area contributed by atoms with Gasteiger partial charge in [0.05, 0.1) is 7.11 Å². The average Bonchev–Trinajstić information content (AvgIpc) is 3.08. The first kappa shape index (κ1) is 16.3. The average molecular weight is 341 g/mol. The number of methoxy groups -OCH3 is 1. The number of hydrogen-bond donors (Lipinski definition) is 1. The van der Waals surface area contributed by atoms with Gasteiger partial charge in [-0.15, -0.1) is 5.10 Å². The molecule has 0 unspecified atom stereocenters. The highest BCUT2D eigenvalue weighted by Crippen LogP contribution is 2.21. The molecular formula is C18H16FN3OS. The maximum atomic E-state index is 12.9. The number of hydrogen-bond acceptors (Lipinski definition) is 4. The van der Waals surface area contributed by atoms with Crippen molar-refractivity contribution >= 4 is 23.9 Å². The summed E-state index contributed by atoms with van der Waals surface area (Å²) in [5.41, 5.74) is 2.08. The first-order valence-corrected chi connectivity index (χ1v) is 8.33. The molecule has 0 radical (unpaired) electrons. The quantitative estimate of drug-likeness (QED) is 0.675. The van der Waals surface area contributed by atoms with E-state index in [0.717, 1.165) is 17.1 Å². The van der Waals surface area contributed by atoms with E-state index in [0.29, 0.717) is 11.0 Å². The van der Waals surface area contributed by atoms with Crippen LogP contribution in [-0.2, 0) is 5.75 Å². The fourth-order valence-electron chi connectivity index (χ4n) is 2.02. The number of nitrogens with one attached hydrogen (secondary N) is 1. The lowest BCUT2D eigenvalue weighted by Crippen LogP contribution is -1.85. The Bertz CT molecular complexity index is 813. The summed E-state index contributed by atoms with van der Waals surface area (Å²) in [4.78, 5) is 4.40. The fourth-order valence-corrected chi connectivity index (χ4v) is 2.78. The van der Waals surface area contributed by atoms with Crippen LogP contribution >= 0.6 is 11.8 Å². The smallest absolute Gasteiger partial charge is 0.209 e. The lowest BCUT2D eigenvalue weighted by Gasteiger charge is -2.01. The molecule has 0 bridgehead atoms. The zero-order valence-electron chi connectivity index (χ0n) is 13.1. The molecule has 0 aliphatic rings. The SMILES string of the molecule is COc1ccc(CSc2n[nH]c(/C=C/c3ccc(F)cc3)n2)cc1. The molecule has 122 valence electrons. The molecule has 1 N–H and O–H groups in total. The van der Waals surface area contributed by atoms with Crippen LogP contribution in [0.3, 0.4) is 0 Å². The van der Waals surface area contributed by atoms with E-state index in [2.05, 4.69) is 15.2 Å². The van der Waals surface area contributed by atoms with Crippen LogP contribution in [-0.4, -0.2) is 22.3 Å². The van der Waals surface area contributed by atoms with Crippen molar-refractivity contribution in [3.63, 3.8) is 0 Å². The lowest BCUT2D eigenvalue weighted by molar-refractivity contribution is 0.414. The third-order valence-electron chi connectivity index (χ3n) is 3.31. The zero-order chi connectivity index (χ0) is 16.8. The molecule has 6 heteroatoms. The van der Waals surface area contributed by atoms with Crippen molar-refractivity contribution in [2.45, 2.75) is 10.9 Å². The highest BCUT2D eigenvalue weighted by Gasteiger charge is 2.03. The normalized spacial score (nSPS) is 11.1. The van der Waals surface area contributed by atoms with Gasteiger partial charge in [0.2, 0.25) is 5.16 Å². The van der Waals surface area contributed by atoms with Crippen LogP contribution in [0.2, 0.25) is 0 Å². The summed E-state index contributed by atoms with van der Waals surface area (Å²) in [6, 6.07) is 14.2. The van der Waals surface area contributed by atoms with Gasteiger partial charge in [0.25, 0.3) is 0 Å². The van der Waals surface area contributed by atoms with Gasteiger partial charge in [-0.05, 0) is 41.5 Å². The Morgan fingerprint density at radius 1 is 1.08 bits per heavy atom. The number of H-pyrrole nitrogens is 1. The number of benzene rings is 2. The minimum absolute atomic E-state index is 0.246. The van der Waals surface area contributed by atoms with E-state index >= 15 is 0 Å². The van der Waals surface area contributed by atoms with Gasteiger partial charge in [-0.1, -0.05) is 42.1 Å². The van der Waals surface area contributed by atoms with Crippen molar-refractivity contribution in [2.75, 3.05) is 7.11 Å². The Morgan fingerprint density at radius 3 is 2.54 bits per heavy atom. The summed E-state index contributed by atoms with van der Waals surface area (Å²) < 4.78 is 18.0. The largest absolute Gasteiger partial charge is 0.497 e. The maximum absolute atomic E-state index is 12.9. The van der Waals surface area contributed by atoms with E-state index in [1.165, 1.54) is 17.7 Å². The van der Waals surface area contributed by atoms with Gasteiger partial charge < -0.3 is 4.74 Å². The third kappa shape index (κ3) is 4.45. The Labute approximate surface area is 143 Å². The van der Waals surface area contributed by atoms with Crippen molar-refractivity contribution in [3.8, 4) is 5.75 Å². The van der Waals surface area contributed by atoms with Crippen molar-refractivity contribution < 1.29 is 9.13 Å². The number of aromatic amines is 1. The van der Waals surface area contributed by atoms with Crippen LogP contribution in [0.1, 0.15) is 17.0 Å². The van der Waals surface area contributed by atoms with Crippen LogP contribution in [0.25, 0.3) is 12.2 Å². The lowest BCUT2D eigenvalue weighted by atomic mass is 10.2. The van der Waals surface area contributed by atoms with Gasteiger partial charge in [-0.25, -0.2) is 9.37 Å². The Kier molecular flexibility index (Phi) is 5.28. The van der Waals surface area contributed by atoms with Crippen molar-refractivity contribution in [1.82, 2.24) is 15.2 Å². The minimum Gasteiger partial charge on any atom is -0.497 e. The van der Waals surface area contributed by atoms with E-state index in [1.807, 2.05) is 36.4 Å². The Morgan fingerprint density at radius 2 is 1.83 bits per heavy atom. The fraction of sp³-hybridized carbons (Fsp3) is 0.111. The number of nitrogens with zero attached hydrogens (tertiary/aromatic N) is 2. The topological polar surface area (TPSA) is 50.8 Å². The molecule has 3 rings (SSSR count). The summed E-state index contributed by atoms with van der Waals surface area (Å²) in [6.45, 7) is 0. The molecule has 3 aromatic rings. The first-order chi connectivity index (χ1) is 11.7. The second-order valence-electron chi connectivity index (χ2n) is 5.02. The molecule has 0 amide bonds. The van der Waals surface area contributed by atoms with Gasteiger partial charge in [-0.2, -0.15) is 0 Å². The predicted molar refractivity (Wildman–Crippen MR) is 94.3 cm³/mol. The maximum Gasteiger partial charge on any atom is 0.209 e. The van der Waals surface area contributed by atoms with Crippen LogP contribution < -0.4 is 4.74 Å². The number of ether oxygens (including phenoxy) is 1. The zero-order valence-corrected chi connectivity index (χ0v) is 13.9. The summed E-state index contributed by atoms with van der Waals surface area (Å²) in [7, 11) is 1.65. The monoisotopic (exact) mass is 341 g/mol. The molecule has 1 aromatic heterocycles. The minimum atomic E-state index is -0.246. The Balaban J connectivity index is 1.57. The molecule has 0 saturated heterocycles. The molecule has 24 heavy (non-hydrogen) atoms. The van der Waals surface area contributed by atoms with Crippen molar-refractivity contribution in [1.29, 1.82) is 0 Å². The van der Waals surface area contributed by atoms with Crippen LogP contribution in [0, 0.1) is 5.82 Å². The van der Waals surface area contributed by atoms with Crippen molar-refractivity contribution in [2.24, 2.45) is 0 Å². The summed E-state index contributed by atoms with van der Waals surface area (Å²) in [6.07, 6.45) is 3.68. The molecule has 0 aliphatic carbocycles. The highest BCUT2D eigenvalue weighted by molar-refractivity contribution is 7.98. The van der Waals surface area contributed by atoms with Gasteiger partial charge in [0.1, 0.15) is 17.4 Å². The molecule has 0 atom stereocenters. The second-order valence-corrected chi connectivity index (χ2v) is 5.97. The molecule has 0 aliphatic heterocycles. The number of aromatic nitrogens is 3. The number of halogens is 1. The van der Waals surface area contributed by atoms with E-state index in [1.54, 1.807) is 31.0 Å². The standard InChI is InChI=1S/C18H16FN3OS/c1-23-16-9-4-14(5-10-16)12-24-18-20-17(21-22-18)11-6-13-2-7-15(19)8-3-13/h2-11H,12H2,1H3,(H,20,21,22)/b11-6+. The van der Waals surface area contributed by atoms with Gasteiger partial charge >= 0.3 is 0 Å². The summed E-state index contributed by atoms with van der Waals surface area (Å²) >= 11 is 1.55. The van der Waals surface area contributed by atoms with E-state index in [9.17, 15) is 4.39 Å². The molecule has 0 fully saturated rings. The highest BCUT2D eigenvalue weighted by atomic mass is 32.2. The Hall–Kier alpha value is -2.60. The van der Waals surface area contributed by atoms with Crippen LogP contribution in [0.15, 0.2) is 53.7 Å².